The van der Waals surface area contributed by atoms with Gasteiger partial charge in [0, 0.05) is 25.0 Å². The van der Waals surface area contributed by atoms with Crippen LogP contribution in [0.3, 0.4) is 0 Å². The van der Waals surface area contributed by atoms with Crippen LogP contribution in [0, 0.1) is 0 Å². The molecule has 1 aromatic heterocycles. The number of hydrogen-bond acceptors (Lipinski definition) is 5. The van der Waals surface area contributed by atoms with Gasteiger partial charge in [-0.1, -0.05) is 0 Å². The van der Waals surface area contributed by atoms with Crippen molar-refractivity contribution in [1.29, 1.82) is 0 Å². The Morgan fingerprint density at radius 1 is 1.29 bits per heavy atom. The predicted octanol–water partition coefficient (Wildman–Crippen LogP) is 1.73. The van der Waals surface area contributed by atoms with Crippen molar-refractivity contribution < 1.29 is 4.52 Å². The Bertz CT molecular complexity index is 350. The van der Waals surface area contributed by atoms with Crippen molar-refractivity contribution in [3.05, 3.63) is 5.89 Å². The molecular formula is C12H22N4O. The van der Waals surface area contributed by atoms with Gasteiger partial charge in [0.2, 0.25) is 5.89 Å². The van der Waals surface area contributed by atoms with E-state index in [0.29, 0.717) is 5.89 Å². The van der Waals surface area contributed by atoms with Gasteiger partial charge in [0.25, 0.3) is 5.95 Å². The summed E-state index contributed by atoms with van der Waals surface area (Å²) < 4.78 is 5.25. The van der Waals surface area contributed by atoms with E-state index in [1.54, 1.807) is 0 Å². The maximum absolute atomic E-state index is 5.93. The number of anilines is 1. The zero-order valence-corrected chi connectivity index (χ0v) is 10.8. The smallest absolute Gasteiger partial charge is 0.266 e. The molecule has 0 atom stereocenters. The van der Waals surface area contributed by atoms with Crippen LogP contribution in [0.25, 0.3) is 0 Å². The summed E-state index contributed by atoms with van der Waals surface area (Å²) in [6.07, 6.45) is 5.36. The van der Waals surface area contributed by atoms with Crippen molar-refractivity contribution in [2.45, 2.75) is 51.5 Å². The summed E-state index contributed by atoms with van der Waals surface area (Å²) in [5.41, 5.74) is 5.75. The third-order valence-corrected chi connectivity index (χ3v) is 3.08. The van der Waals surface area contributed by atoms with Gasteiger partial charge in [0.15, 0.2) is 0 Å². The first-order chi connectivity index (χ1) is 8.04. The lowest BCUT2D eigenvalue weighted by atomic mass is 10.0. The second-order valence-electron chi connectivity index (χ2n) is 5.52. The largest absolute Gasteiger partial charge is 0.338 e. The van der Waals surface area contributed by atoms with Crippen molar-refractivity contribution in [3.8, 4) is 0 Å². The number of hydrogen-bond donors (Lipinski definition) is 1. The lowest BCUT2D eigenvalue weighted by molar-refractivity contribution is 0.357. The van der Waals surface area contributed by atoms with E-state index < -0.39 is 0 Å². The molecule has 0 saturated carbocycles. The number of rotatable bonds is 4. The summed E-state index contributed by atoms with van der Waals surface area (Å²) >= 11 is 0. The van der Waals surface area contributed by atoms with Crippen LogP contribution in [0.5, 0.6) is 0 Å². The summed E-state index contributed by atoms with van der Waals surface area (Å²) in [5.74, 6) is 1.44. The van der Waals surface area contributed by atoms with Gasteiger partial charge in [-0.05, 0) is 44.7 Å². The fraction of sp³-hybridized carbons (Fsp3) is 0.833. The number of nitrogens with two attached hydrogens (primary N) is 1. The van der Waals surface area contributed by atoms with Crippen molar-refractivity contribution in [1.82, 2.24) is 10.1 Å². The molecule has 1 aliphatic heterocycles. The van der Waals surface area contributed by atoms with Crippen LogP contribution in [-0.4, -0.2) is 28.8 Å². The Hall–Kier alpha value is -1.10. The fourth-order valence-electron chi connectivity index (χ4n) is 2.00. The van der Waals surface area contributed by atoms with Gasteiger partial charge < -0.3 is 15.2 Å². The fourth-order valence-corrected chi connectivity index (χ4v) is 2.00. The second-order valence-corrected chi connectivity index (χ2v) is 5.52. The molecule has 5 heteroatoms. The minimum absolute atomic E-state index is 0.181. The molecule has 0 aromatic carbocycles. The number of aryl methyl sites for hydroxylation is 1. The highest BCUT2D eigenvalue weighted by atomic mass is 16.5. The molecule has 2 rings (SSSR count). The topological polar surface area (TPSA) is 68.2 Å². The van der Waals surface area contributed by atoms with E-state index in [1.165, 1.54) is 19.3 Å². The van der Waals surface area contributed by atoms with Crippen LogP contribution < -0.4 is 10.6 Å². The molecular weight excluding hydrogens is 216 g/mol. The molecule has 96 valence electrons. The van der Waals surface area contributed by atoms with E-state index in [9.17, 15) is 0 Å². The van der Waals surface area contributed by atoms with Gasteiger partial charge in [0.1, 0.15) is 0 Å². The van der Waals surface area contributed by atoms with Crippen LogP contribution in [0.2, 0.25) is 0 Å². The SMILES string of the molecule is CC(C)(N)CCc1nc(N2CCCCC2)no1. The standard InChI is InChI=1S/C12H22N4O/c1-12(2,13)7-6-10-14-11(15-17-10)16-8-4-3-5-9-16/h3-9,13H2,1-2H3. The molecule has 5 nitrogen and oxygen atoms in total. The highest BCUT2D eigenvalue weighted by molar-refractivity contribution is 5.27. The lowest BCUT2D eigenvalue weighted by Gasteiger charge is -2.24. The van der Waals surface area contributed by atoms with Crippen LogP contribution >= 0.6 is 0 Å². The Morgan fingerprint density at radius 3 is 2.65 bits per heavy atom. The normalized spacial score (nSPS) is 17.5. The lowest BCUT2D eigenvalue weighted by Crippen LogP contribution is -2.32. The molecule has 2 N–H and O–H groups in total. The first-order valence-electron chi connectivity index (χ1n) is 6.41. The van der Waals surface area contributed by atoms with Gasteiger partial charge >= 0.3 is 0 Å². The maximum Gasteiger partial charge on any atom is 0.266 e. The van der Waals surface area contributed by atoms with E-state index >= 15 is 0 Å². The third kappa shape index (κ3) is 3.70. The van der Waals surface area contributed by atoms with Gasteiger partial charge in [-0.2, -0.15) is 4.98 Å². The van der Waals surface area contributed by atoms with Crippen molar-refractivity contribution >= 4 is 5.95 Å². The Morgan fingerprint density at radius 2 is 2.00 bits per heavy atom. The number of piperidine rings is 1. The first-order valence-corrected chi connectivity index (χ1v) is 6.41. The average Bonchev–Trinajstić information content (AvgIpc) is 2.75. The Balaban J connectivity index is 1.91. The van der Waals surface area contributed by atoms with Crippen LogP contribution in [-0.2, 0) is 6.42 Å². The van der Waals surface area contributed by atoms with Crippen molar-refractivity contribution in [2.75, 3.05) is 18.0 Å². The van der Waals surface area contributed by atoms with Crippen molar-refractivity contribution in [3.63, 3.8) is 0 Å². The molecule has 1 aromatic rings. The molecule has 0 bridgehead atoms. The van der Waals surface area contributed by atoms with Gasteiger partial charge in [-0.25, -0.2) is 0 Å². The predicted molar refractivity (Wildman–Crippen MR) is 66.9 cm³/mol. The van der Waals surface area contributed by atoms with E-state index in [4.69, 9.17) is 10.3 Å². The minimum Gasteiger partial charge on any atom is -0.338 e. The maximum atomic E-state index is 5.93. The molecule has 0 radical (unpaired) electrons. The second kappa shape index (κ2) is 5.04. The van der Waals surface area contributed by atoms with Gasteiger partial charge in [-0.3, -0.25) is 0 Å². The van der Waals surface area contributed by atoms with E-state index in [1.807, 2.05) is 13.8 Å². The van der Waals surface area contributed by atoms with Crippen LogP contribution in [0.4, 0.5) is 5.95 Å². The number of nitrogens with zero attached hydrogens (tertiary/aromatic N) is 3. The average molecular weight is 238 g/mol. The van der Waals surface area contributed by atoms with Crippen LogP contribution in [0.1, 0.15) is 45.4 Å². The highest BCUT2D eigenvalue weighted by Gasteiger charge is 2.18. The highest BCUT2D eigenvalue weighted by Crippen LogP contribution is 2.17. The van der Waals surface area contributed by atoms with E-state index in [2.05, 4.69) is 15.0 Å². The Labute approximate surface area is 102 Å². The zero-order valence-electron chi connectivity index (χ0n) is 10.8. The molecule has 0 unspecified atom stereocenters. The molecule has 1 aliphatic rings. The molecule has 0 aliphatic carbocycles. The minimum atomic E-state index is -0.181. The monoisotopic (exact) mass is 238 g/mol. The summed E-state index contributed by atoms with van der Waals surface area (Å²) in [6, 6.07) is 0. The third-order valence-electron chi connectivity index (χ3n) is 3.08. The van der Waals surface area contributed by atoms with E-state index in [-0.39, 0.29) is 5.54 Å². The van der Waals surface area contributed by atoms with Gasteiger partial charge in [-0.15, -0.1) is 0 Å². The summed E-state index contributed by atoms with van der Waals surface area (Å²) in [7, 11) is 0. The van der Waals surface area contributed by atoms with Crippen LogP contribution in [0.15, 0.2) is 4.52 Å². The molecule has 2 heterocycles. The molecule has 0 amide bonds. The molecule has 1 fully saturated rings. The molecule has 0 spiro atoms. The first kappa shape index (κ1) is 12.4. The Kier molecular flexibility index (Phi) is 3.66. The zero-order chi connectivity index (χ0) is 12.3. The van der Waals surface area contributed by atoms with Gasteiger partial charge in [0.05, 0.1) is 0 Å². The quantitative estimate of drug-likeness (QED) is 0.865. The summed E-state index contributed by atoms with van der Waals surface area (Å²) in [4.78, 5) is 6.63. The number of aromatic nitrogens is 2. The molecule has 1 saturated heterocycles. The molecule has 17 heavy (non-hydrogen) atoms. The summed E-state index contributed by atoms with van der Waals surface area (Å²) in [6.45, 7) is 6.10. The summed E-state index contributed by atoms with van der Waals surface area (Å²) in [5, 5.41) is 4.04. The van der Waals surface area contributed by atoms with Crippen molar-refractivity contribution in [2.24, 2.45) is 5.73 Å². The van der Waals surface area contributed by atoms with E-state index in [0.717, 1.165) is 31.9 Å².